The smallest absolute Gasteiger partial charge is 0.352 e. The van der Waals surface area contributed by atoms with Gasteiger partial charge in [-0.05, 0) is 44.9 Å². The van der Waals surface area contributed by atoms with Gasteiger partial charge in [0.25, 0.3) is 0 Å². The molecule has 0 N–H and O–H groups in total. The van der Waals surface area contributed by atoms with Gasteiger partial charge in [0.2, 0.25) is 0 Å². The van der Waals surface area contributed by atoms with Crippen molar-refractivity contribution in [2.24, 2.45) is 0 Å². The number of rotatable bonds is 16. The van der Waals surface area contributed by atoms with Gasteiger partial charge in [-0.25, -0.2) is 19.2 Å². The average molecular weight is 651 g/mol. The summed E-state index contributed by atoms with van der Waals surface area (Å²) in [6.07, 6.45) is 0. The van der Waals surface area contributed by atoms with Crippen molar-refractivity contribution in [3.63, 3.8) is 0 Å². The third-order valence-corrected chi connectivity index (χ3v) is 7.88. The predicted molar refractivity (Wildman–Crippen MR) is 161 cm³/mol. The number of carbonyl (C=O) groups is 4. The van der Waals surface area contributed by atoms with Crippen LogP contribution in [0.3, 0.4) is 0 Å². The molecular weight excluding hydrogens is 616 g/mol. The van der Waals surface area contributed by atoms with E-state index in [1.165, 1.54) is 14.2 Å². The monoisotopic (exact) mass is 650 g/mol. The Morgan fingerprint density at radius 2 is 0.864 bits per heavy atom. The number of thiophene rings is 2. The molecule has 0 amide bonds. The van der Waals surface area contributed by atoms with Gasteiger partial charge in [0.1, 0.15) is 13.2 Å². The third-order valence-electron chi connectivity index (χ3n) is 5.65. The molecule has 0 spiro atoms. The van der Waals surface area contributed by atoms with Crippen LogP contribution in [0.2, 0.25) is 0 Å². The predicted octanol–water partition coefficient (Wildman–Crippen LogP) is 5.69. The minimum atomic E-state index is -0.659. The summed E-state index contributed by atoms with van der Waals surface area (Å²) in [6, 6.07) is 7.17. The average Bonchev–Trinajstić information content (AvgIpc) is 3.58. The molecule has 0 aliphatic heterocycles. The van der Waals surface area contributed by atoms with Crippen molar-refractivity contribution in [2.45, 2.75) is 40.9 Å². The van der Waals surface area contributed by atoms with Crippen molar-refractivity contribution in [1.82, 2.24) is 0 Å². The van der Waals surface area contributed by atoms with Crippen molar-refractivity contribution >= 4 is 46.6 Å². The number of esters is 4. The van der Waals surface area contributed by atoms with Crippen molar-refractivity contribution < 1.29 is 57.1 Å². The number of benzene rings is 1. The van der Waals surface area contributed by atoms with Gasteiger partial charge < -0.3 is 37.9 Å². The number of hydrogen-bond donors (Lipinski definition) is 0. The van der Waals surface area contributed by atoms with Crippen LogP contribution in [0.1, 0.15) is 77.5 Å². The Balaban J connectivity index is 1.87. The van der Waals surface area contributed by atoms with E-state index in [0.29, 0.717) is 11.1 Å². The van der Waals surface area contributed by atoms with Gasteiger partial charge in [-0.1, -0.05) is 18.2 Å². The van der Waals surface area contributed by atoms with Crippen molar-refractivity contribution in [2.75, 3.05) is 40.6 Å². The normalized spacial score (nSPS) is 10.5. The largest absolute Gasteiger partial charge is 0.491 e. The van der Waals surface area contributed by atoms with Crippen LogP contribution >= 0.6 is 22.7 Å². The van der Waals surface area contributed by atoms with E-state index in [2.05, 4.69) is 0 Å². The zero-order valence-corrected chi connectivity index (χ0v) is 26.9. The number of methoxy groups -OCH3 is 2. The highest BCUT2D eigenvalue weighted by molar-refractivity contribution is 7.17. The zero-order chi connectivity index (χ0) is 32.2. The van der Waals surface area contributed by atoms with Crippen molar-refractivity contribution in [3.05, 3.63) is 54.9 Å². The molecule has 0 unspecified atom stereocenters. The molecule has 0 saturated carbocycles. The lowest BCUT2D eigenvalue weighted by Gasteiger charge is -2.12. The van der Waals surface area contributed by atoms with Gasteiger partial charge in [0.05, 0.1) is 40.6 Å². The number of hydrogen-bond acceptors (Lipinski definition) is 14. The first kappa shape index (κ1) is 34.2. The maximum absolute atomic E-state index is 12.7. The Morgan fingerprint density at radius 3 is 1.16 bits per heavy atom. The molecular formula is C30H34O12S2. The van der Waals surface area contributed by atoms with Gasteiger partial charge >= 0.3 is 23.9 Å². The second-order valence-electron chi connectivity index (χ2n) is 8.52. The fraction of sp³-hybridized carbons (Fsp3) is 0.400. The van der Waals surface area contributed by atoms with Gasteiger partial charge in [-0.15, -0.1) is 22.7 Å². The van der Waals surface area contributed by atoms with Gasteiger partial charge in [-0.3, -0.25) is 0 Å². The fourth-order valence-electron chi connectivity index (χ4n) is 3.88. The first-order chi connectivity index (χ1) is 21.2. The minimum absolute atomic E-state index is 0.00153. The van der Waals surface area contributed by atoms with E-state index in [9.17, 15) is 19.2 Å². The summed E-state index contributed by atoms with van der Waals surface area (Å²) in [5, 5.41) is 0. The van der Waals surface area contributed by atoms with Crippen LogP contribution < -0.4 is 18.9 Å². The van der Waals surface area contributed by atoms with E-state index in [1.54, 1.807) is 52.0 Å². The molecule has 12 nitrogen and oxygen atoms in total. The molecule has 0 bridgehead atoms. The van der Waals surface area contributed by atoms with Gasteiger partial charge in [-0.2, -0.15) is 0 Å². The maximum atomic E-state index is 12.7. The van der Waals surface area contributed by atoms with Crippen LogP contribution in [0.15, 0.2) is 24.3 Å². The quantitative estimate of drug-likeness (QED) is 0.139. The summed E-state index contributed by atoms with van der Waals surface area (Å²) < 4.78 is 43.4. The van der Waals surface area contributed by atoms with Gasteiger partial charge in [0.15, 0.2) is 42.5 Å². The zero-order valence-electron chi connectivity index (χ0n) is 25.3. The molecule has 2 aromatic heterocycles. The molecule has 0 atom stereocenters. The van der Waals surface area contributed by atoms with E-state index >= 15 is 0 Å². The first-order valence-corrected chi connectivity index (χ1v) is 15.3. The van der Waals surface area contributed by atoms with Crippen LogP contribution in [-0.4, -0.2) is 64.5 Å². The Morgan fingerprint density at radius 1 is 0.545 bits per heavy atom. The van der Waals surface area contributed by atoms with Crippen molar-refractivity contribution in [3.8, 4) is 23.0 Å². The summed E-state index contributed by atoms with van der Waals surface area (Å²) in [7, 11) is 2.72. The summed E-state index contributed by atoms with van der Waals surface area (Å²) in [4.78, 5) is 50.7. The molecule has 238 valence electrons. The molecule has 44 heavy (non-hydrogen) atoms. The van der Waals surface area contributed by atoms with E-state index < -0.39 is 23.9 Å². The standard InChI is InChI=1S/C30H34O12S2/c1-7-37-27(31)23-19(35-5)21(25(43-23)29(33)39-9-3)41-15-17-12-11-13-18(14-17)16-42-22-20(36-6)24(28(32)38-8-2)44-26(22)30(34)40-10-4/h11-14H,7-10,15-16H2,1-6H3. The molecule has 3 aromatic rings. The van der Waals surface area contributed by atoms with Gasteiger partial charge in [0, 0.05) is 0 Å². The topological polar surface area (TPSA) is 142 Å². The fourth-order valence-corrected chi connectivity index (χ4v) is 5.88. The van der Waals surface area contributed by atoms with Crippen LogP contribution in [0.25, 0.3) is 0 Å². The Labute approximate surface area is 262 Å². The Bertz CT molecular complexity index is 1370. The molecule has 14 heteroatoms. The van der Waals surface area contributed by atoms with Crippen LogP contribution in [0.5, 0.6) is 23.0 Å². The van der Waals surface area contributed by atoms with E-state index in [4.69, 9.17) is 37.9 Å². The van der Waals surface area contributed by atoms with E-state index in [0.717, 1.165) is 22.7 Å². The lowest BCUT2D eigenvalue weighted by Crippen LogP contribution is -2.07. The third kappa shape index (κ3) is 7.99. The summed E-state index contributed by atoms with van der Waals surface area (Å²) in [6.45, 7) is 7.21. The van der Waals surface area contributed by atoms with Crippen LogP contribution in [0.4, 0.5) is 0 Å². The maximum Gasteiger partial charge on any atom is 0.352 e. The molecule has 0 fully saturated rings. The molecule has 0 saturated heterocycles. The lowest BCUT2D eigenvalue weighted by molar-refractivity contribution is 0.0517. The summed E-state index contributed by atoms with van der Waals surface area (Å²) >= 11 is 1.74. The van der Waals surface area contributed by atoms with E-state index in [1.807, 2.05) is 0 Å². The van der Waals surface area contributed by atoms with Crippen LogP contribution in [-0.2, 0) is 32.2 Å². The summed E-state index contributed by atoms with van der Waals surface area (Å²) in [5.74, 6) is -2.34. The molecule has 1 aromatic carbocycles. The highest BCUT2D eigenvalue weighted by Gasteiger charge is 2.32. The number of carbonyl (C=O) groups excluding carboxylic acids is 4. The number of ether oxygens (including phenoxy) is 8. The molecule has 0 aliphatic rings. The minimum Gasteiger partial charge on any atom is -0.491 e. The molecule has 0 aliphatic carbocycles. The molecule has 3 rings (SSSR count). The Hall–Kier alpha value is -4.30. The van der Waals surface area contributed by atoms with Crippen molar-refractivity contribution in [1.29, 1.82) is 0 Å². The Kier molecular flexibility index (Phi) is 12.8. The molecule has 2 heterocycles. The lowest BCUT2D eigenvalue weighted by atomic mass is 10.1. The highest BCUT2D eigenvalue weighted by atomic mass is 32.1. The SMILES string of the molecule is CCOC(=O)c1sc(C(=O)OCC)c(OCc2cccc(COc3c(C(=O)OCC)sc(C(=O)OCC)c3OC)c2)c1OC. The van der Waals surface area contributed by atoms with E-state index in [-0.39, 0.29) is 82.1 Å². The first-order valence-electron chi connectivity index (χ1n) is 13.7. The highest BCUT2D eigenvalue weighted by Crippen LogP contribution is 2.45. The van der Waals surface area contributed by atoms with Crippen LogP contribution in [0, 0.1) is 0 Å². The summed E-state index contributed by atoms with van der Waals surface area (Å²) in [5.41, 5.74) is 1.39. The molecule has 0 radical (unpaired) electrons. The second kappa shape index (κ2) is 16.5. The second-order valence-corrected chi connectivity index (χ2v) is 10.6.